The van der Waals surface area contributed by atoms with Gasteiger partial charge >= 0.3 is 0 Å². The molecule has 0 aliphatic carbocycles. The number of carbonyl (C=O) groups is 1. The van der Waals surface area contributed by atoms with E-state index < -0.39 is 5.91 Å². The van der Waals surface area contributed by atoms with Crippen LogP contribution in [0.25, 0.3) is 0 Å². The smallest absolute Gasteiger partial charge is 0.279 e. The van der Waals surface area contributed by atoms with Gasteiger partial charge in [0.2, 0.25) is 0 Å². The Hall–Kier alpha value is -1.46. The second kappa shape index (κ2) is 5.43. The number of nitrogens with zero attached hydrogens (tertiary/aromatic N) is 1. The predicted octanol–water partition coefficient (Wildman–Crippen LogP) is 1.26. The van der Waals surface area contributed by atoms with E-state index in [1.807, 2.05) is 18.2 Å². The average molecular weight is 224 g/mol. The zero-order valence-electron chi connectivity index (χ0n) is 8.34. The third-order valence-corrected chi connectivity index (χ3v) is 2.01. The quantitative estimate of drug-likeness (QED) is 0.620. The summed E-state index contributed by atoms with van der Waals surface area (Å²) in [5.74, 6) is -0.678. The summed E-state index contributed by atoms with van der Waals surface area (Å²) >= 11 is 4.87. The second-order valence-corrected chi connectivity index (χ2v) is 3.10. The van der Waals surface area contributed by atoms with E-state index in [1.165, 1.54) is 5.06 Å². The number of primary amides is 1. The van der Waals surface area contributed by atoms with Crippen molar-refractivity contribution in [1.82, 2.24) is 0 Å². The van der Waals surface area contributed by atoms with Crippen molar-refractivity contribution >= 4 is 28.8 Å². The molecule has 0 atom stereocenters. The Bertz CT molecular complexity index is 354. The molecule has 0 saturated carbocycles. The van der Waals surface area contributed by atoms with Crippen molar-refractivity contribution in [1.29, 1.82) is 0 Å². The standard InChI is InChI=1S/C10H12N2O2S/c1-2-14-12(10(15)9(11)13)8-6-4-3-5-7-8/h3-7H,2H2,1H3,(H2,11,13). The molecule has 5 heteroatoms. The summed E-state index contributed by atoms with van der Waals surface area (Å²) in [5, 5.41) is 1.26. The molecule has 0 spiro atoms. The summed E-state index contributed by atoms with van der Waals surface area (Å²) in [6.45, 7) is 2.21. The van der Waals surface area contributed by atoms with Crippen LogP contribution in [0, 0.1) is 0 Å². The Morgan fingerprint density at radius 3 is 2.53 bits per heavy atom. The SMILES string of the molecule is CCON(C(=S)C(N)=O)c1ccccc1. The van der Waals surface area contributed by atoms with Crippen LogP contribution < -0.4 is 10.8 Å². The van der Waals surface area contributed by atoms with Crippen molar-refractivity contribution in [2.75, 3.05) is 11.7 Å². The van der Waals surface area contributed by atoms with Gasteiger partial charge < -0.3 is 5.73 Å². The van der Waals surface area contributed by atoms with E-state index >= 15 is 0 Å². The summed E-state index contributed by atoms with van der Waals surface area (Å²) < 4.78 is 0. The molecule has 0 saturated heterocycles. The molecule has 1 aromatic rings. The Kier molecular flexibility index (Phi) is 4.20. The first kappa shape index (κ1) is 11.6. The van der Waals surface area contributed by atoms with Crippen LogP contribution in [0.5, 0.6) is 0 Å². The van der Waals surface area contributed by atoms with Crippen LogP contribution >= 0.6 is 12.2 Å². The summed E-state index contributed by atoms with van der Waals surface area (Å²) in [5.41, 5.74) is 5.79. The zero-order valence-corrected chi connectivity index (χ0v) is 9.16. The molecular formula is C10H12N2O2S. The minimum atomic E-state index is -0.678. The van der Waals surface area contributed by atoms with Crippen molar-refractivity contribution in [2.45, 2.75) is 6.92 Å². The van der Waals surface area contributed by atoms with Gasteiger partial charge in [-0.15, -0.1) is 0 Å². The van der Waals surface area contributed by atoms with E-state index in [9.17, 15) is 4.79 Å². The first-order valence-electron chi connectivity index (χ1n) is 4.48. The number of anilines is 1. The topological polar surface area (TPSA) is 55.6 Å². The van der Waals surface area contributed by atoms with Crippen LogP contribution in [0.2, 0.25) is 0 Å². The summed E-state index contributed by atoms with van der Waals surface area (Å²) in [6.07, 6.45) is 0. The van der Waals surface area contributed by atoms with Gasteiger partial charge in [-0.1, -0.05) is 30.4 Å². The van der Waals surface area contributed by atoms with Crippen LogP contribution in [0.3, 0.4) is 0 Å². The number of carbonyl (C=O) groups excluding carboxylic acids is 1. The van der Waals surface area contributed by atoms with Crippen LogP contribution in [-0.2, 0) is 9.63 Å². The number of nitrogens with two attached hydrogens (primary N) is 1. The maximum absolute atomic E-state index is 10.9. The number of rotatable bonds is 3. The molecule has 0 aliphatic rings. The first-order chi connectivity index (χ1) is 7.16. The normalized spacial score (nSPS) is 9.67. The number of hydrogen-bond donors (Lipinski definition) is 1. The molecule has 1 amide bonds. The summed E-state index contributed by atoms with van der Waals surface area (Å²) in [6, 6.07) is 9.08. The first-order valence-corrected chi connectivity index (χ1v) is 4.89. The number of para-hydroxylation sites is 1. The molecule has 1 rings (SSSR count). The molecule has 80 valence electrons. The molecular weight excluding hydrogens is 212 g/mol. The highest BCUT2D eigenvalue weighted by Crippen LogP contribution is 2.14. The summed E-state index contributed by atoms with van der Waals surface area (Å²) in [4.78, 5) is 16.1. The number of amides is 1. The lowest BCUT2D eigenvalue weighted by Crippen LogP contribution is -2.39. The highest BCUT2D eigenvalue weighted by atomic mass is 32.1. The highest BCUT2D eigenvalue weighted by molar-refractivity contribution is 7.82. The molecule has 0 fully saturated rings. The minimum Gasteiger partial charge on any atom is -0.363 e. The van der Waals surface area contributed by atoms with Crippen LogP contribution in [0.15, 0.2) is 30.3 Å². The lowest BCUT2D eigenvalue weighted by atomic mass is 10.3. The van der Waals surface area contributed by atoms with Crippen molar-refractivity contribution < 1.29 is 9.63 Å². The van der Waals surface area contributed by atoms with Gasteiger partial charge in [-0.25, -0.2) is 5.06 Å². The number of thiocarbonyl (C=S) groups is 1. The molecule has 0 heterocycles. The number of benzene rings is 1. The van der Waals surface area contributed by atoms with Gasteiger partial charge in [0, 0.05) is 0 Å². The average Bonchev–Trinajstić information content (AvgIpc) is 2.26. The molecule has 0 aromatic heterocycles. The Balaban J connectivity index is 2.93. The third-order valence-electron chi connectivity index (χ3n) is 1.64. The fraction of sp³-hybridized carbons (Fsp3) is 0.200. The van der Waals surface area contributed by atoms with Crippen molar-refractivity contribution in [3.8, 4) is 0 Å². The van der Waals surface area contributed by atoms with E-state index in [0.29, 0.717) is 12.3 Å². The zero-order chi connectivity index (χ0) is 11.3. The third kappa shape index (κ3) is 3.00. The van der Waals surface area contributed by atoms with Crippen molar-refractivity contribution in [2.24, 2.45) is 5.73 Å². The van der Waals surface area contributed by atoms with Gasteiger partial charge in [-0.3, -0.25) is 9.63 Å². The van der Waals surface area contributed by atoms with Gasteiger partial charge in [0.05, 0.1) is 12.3 Å². The van der Waals surface area contributed by atoms with E-state index in [1.54, 1.807) is 19.1 Å². The van der Waals surface area contributed by atoms with Gasteiger partial charge in [-0.2, -0.15) is 0 Å². The van der Waals surface area contributed by atoms with Crippen LogP contribution in [-0.4, -0.2) is 17.5 Å². The number of hydrogen-bond acceptors (Lipinski definition) is 3. The van der Waals surface area contributed by atoms with Crippen molar-refractivity contribution in [3.05, 3.63) is 30.3 Å². The highest BCUT2D eigenvalue weighted by Gasteiger charge is 2.16. The van der Waals surface area contributed by atoms with Crippen LogP contribution in [0.4, 0.5) is 5.69 Å². The fourth-order valence-electron chi connectivity index (χ4n) is 1.04. The maximum atomic E-state index is 10.9. The van der Waals surface area contributed by atoms with E-state index in [-0.39, 0.29) is 4.99 Å². The molecule has 0 unspecified atom stereocenters. The molecule has 4 nitrogen and oxygen atoms in total. The lowest BCUT2D eigenvalue weighted by Gasteiger charge is -2.21. The fourth-order valence-corrected chi connectivity index (χ4v) is 1.20. The van der Waals surface area contributed by atoms with Crippen LogP contribution in [0.1, 0.15) is 6.92 Å². The molecule has 2 N–H and O–H groups in total. The predicted molar refractivity (Wildman–Crippen MR) is 62.3 cm³/mol. The van der Waals surface area contributed by atoms with E-state index in [0.717, 1.165) is 0 Å². The molecule has 0 bridgehead atoms. The molecule has 1 aromatic carbocycles. The molecule has 0 radical (unpaired) electrons. The lowest BCUT2D eigenvalue weighted by molar-refractivity contribution is -0.112. The van der Waals surface area contributed by atoms with Gasteiger partial charge in [-0.05, 0) is 19.1 Å². The van der Waals surface area contributed by atoms with Gasteiger partial charge in [0.1, 0.15) is 0 Å². The monoisotopic (exact) mass is 224 g/mol. The van der Waals surface area contributed by atoms with Crippen molar-refractivity contribution in [3.63, 3.8) is 0 Å². The Morgan fingerprint density at radius 1 is 1.47 bits per heavy atom. The second-order valence-electron chi connectivity index (χ2n) is 2.72. The minimum absolute atomic E-state index is 0.0527. The largest absolute Gasteiger partial charge is 0.363 e. The summed E-state index contributed by atoms with van der Waals surface area (Å²) in [7, 11) is 0. The van der Waals surface area contributed by atoms with Gasteiger partial charge in [0.15, 0.2) is 4.99 Å². The number of hydroxylamine groups is 1. The Labute approximate surface area is 93.6 Å². The van der Waals surface area contributed by atoms with E-state index in [4.69, 9.17) is 22.8 Å². The Morgan fingerprint density at radius 2 is 2.07 bits per heavy atom. The van der Waals surface area contributed by atoms with Gasteiger partial charge in [0.25, 0.3) is 5.91 Å². The maximum Gasteiger partial charge on any atom is 0.279 e. The molecule has 0 aliphatic heterocycles. The molecule has 15 heavy (non-hydrogen) atoms. The van der Waals surface area contributed by atoms with E-state index in [2.05, 4.69) is 0 Å².